The zero-order valence-corrected chi connectivity index (χ0v) is 22.3. The number of amides is 1. The molecule has 1 aliphatic rings. The second-order valence-corrected chi connectivity index (χ2v) is 11.7. The quantitative estimate of drug-likeness (QED) is 0.385. The molecule has 3 aromatic rings. The van der Waals surface area contributed by atoms with Crippen LogP contribution in [0.1, 0.15) is 28.9 Å². The van der Waals surface area contributed by atoms with Crippen LogP contribution in [-0.4, -0.2) is 51.3 Å². The van der Waals surface area contributed by atoms with E-state index >= 15 is 0 Å². The summed E-state index contributed by atoms with van der Waals surface area (Å²) < 4.78 is 50.5. The number of rotatable bonds is 5. The molecule has 0 unspecified atom stereocenters. The van der Waals surface area contributed by atoms with Crippen LogP contribution in [-0.2, 0) is 26.4 Å². The Morgan fingerprint density at radius 3 is 2.62 bits per heavy atom. The van der Waals surface area contributed by atoms with Crippen molar-refractivity contribution in [2.75, 3.05) is 22.9 Å². The average Bonchev–Trinajstić information content (AvgIpc) is 2.78. The first-order chi connectivity index (χ1) is 15.6. The summed E-state index contributed by atoms with van der Waals surface area (Å²) in [5.41, 5.74) is -0.225. The second kappa shape index (κ2) is 10.2. The first-order valence-electron chi connectivity index (χ1n) is 10.1. The molecule has 4 rings (SSSR count). The summed E-state index contributed by atoms with van der Waals surface area (Å²) in [5.74, 6) is -1.66. The first kappa shape index (κ1) is 26.4. The summed E-state index contributed by atoms with van der Waals surface area (Å²) in [5, 5.41) is 15.7. The van der Waals surface area contributed by atoms with Crippen LogP contribution in [0.5, 0.6) is 5.75 Å². The molecule has 13 heteroatoms. The molecular formula is C21H21N4NaO6S2. The van der Waals surface area contributed by atoms with E-state index in [4.69, 9.17) is 0 Å². The van der Waals surface area contributed by atoms with E-state index in [0.717, 1.165) is 10.6 Å². The Balaban J connectivity index is 0.00000324. The van der Waals surface area contributed by atoms with E-state index in [0.29, 0.717) is 18.4 Å². The van der Waals surface area contributed by atoms with E-state index in [1.165, 1.54) is 12.3 Å². The number of anilines is 1. The van der Waals surface area contributed by atoms with Crippen LogP contribution in [0.4, 0.5) is 5.82 Å². The van der Waals surface area contributed by atoms with E-state index in [-0.39, 0.29) is 70.0 Å². The van der Waals surface area contributed by atoms with Crippen molar-refractivity contribution in [3.8, 4) is 5.75 Å². The van der Waals surface area contributed by atoms with E-state index in [2.05, 4.69) is 15.3 Å². The van der Waals surface area contributed by atoms with Crippen molar-refractivity contribution in [1.82, 2.24) is 15.3 Å². The van der Waals surface area contributed by atoms with Crippen molar-refractivity contribution in [2.24, 2.45) is 0 Å². The molecule has 0 spiro atoms. The number of carbonyl (C=O) groups is 1. The standard InChI is InChI=1S/C21H22N4O6S2.Na/c1-32(28,29)16-9-3-2-7-14(16)13-23-21(27)18-19(26)17-15(8-6-10-22-17)20(24-18)25-11-4-5-12-33(25,30)31;/h2-3,6-10,26H,4-5,11-13H2,1H3,(H,23,27);/q;+1/p-1. The fourth-order valence-corrected chi connectivity index (χ4v) is 6.28. The number of carbonyl (C=O) groups excluding carboxylic acids is 1. The van der Waals surface area contributed by atoms with Crippen molar-refractivity contribution in [3.05, 3.63) is 53.9 Å². The van der Waals surface area contributed by atoms with Gasteiger partial charge in [0.25, 0.3) is 5.91 Å². The first-order valence-corrected chi connectivity index (χ1v) is 13.6. The number of sulfone groups is 1. The van der Waals surface area contributed by atoms with E-state index in [1.54, 1.807) is 30.3 Å². The zero-order chi connectivity index (χ0) is 23.8. The molecule has 1 fully saturated rings. The van der Waals surface area contributed by atoms with Crippen LogP contribution in [0, 0.1) is 0 Å². The molecular weight excluding hydrogens is 491 g/mol. The Morgan fingerprint density at radius 1 is 1.18 bits per heavy atom. The molecule has 1 N–H and O–H groups in total. The maximum absolute atomic E-state index is 13.0. The van der Waals surface area contributed by atoms with Crippen LogP contribution in [0.3, 0.4) is 0 Å². The number of nitrogens with zero attached hydrogens (tertiary/aromatic N) is 3. The number of benzene rings is 1. The molecule has 10 nitrogen and oxygen atoms in total. The topological polar surface area (TPSA) is 149 Å². The van der Waals surface area contributed by atoms with Gasteiger partial charge in [0.15, 0.2) is 15.7 Å². The van der Waals surface area contributed by atoms with E-state index < -0.39 is 37.2 Å². The summed E-state index contributed by atoms with van der Waals surface area (Å²) >= 11 is 0. The number of fused-ring (bicyclic) bond motifs is 1. The molecule has 1 amide bonds. The Hall–Kier alpha value is -2.25. The molecule has 34 heavy (non-hydrogen) atoms. The van der Waals surface area contributed by atoms with Gasteiger partial charge in [0.05, 0.1) is 16.2 Å². The monoisotopic (exact) mass is 512 g/mol. The van der Waals surface area contributed by atoms with Gasteiger partial charge in [-0.25, -0.2) is 21.8 Å². The predicted molar refractivity (Wildman–Crippen MR) is 120 cm³/mol. The third-order valence-electron chi connectivity index (χ3n) is 5.31. The van der Waals surface area contributed by atoms with Gasteiger partial charge in [0.2, 0.25) is 10.0 Å². The van der Waals surface area contributed by atoms with Gasteiger partial charge in [-0.3, -0.25) is 14.1 Å². The van der Waals surface area contributed by atoms with Crippen LogP contribution in [0.15, 0.2) is 47.5 Å². The fourth-order valence-electron chi connectivity index (χ4n) is 3.74. The molecule has 174 valence electrons. The smallest absolute Gasteiger partial charge is 0.869 e. The van der Waals surface area contributed by atoms with Crippen molar-refractivity contribution in [1.29, 1.82) is 0 Å². The normalized spacial score (nSPS) is 15.5. The average molecular weight is 513 g/mol. The summed E-state index contributed by atoms with van der Waals surface area (Å²) in [6.45, 7) is 0.0150. The van der Waals surface area contributed by atoms with Gasteiger partial charge in [-0.15, -0.1) is 0 Å². The Labute approximate surface area is 219 Å². The predicted octanol–water partition coefficient (Wildman–Crippen LogP) is -2.03. The van der Waals surface area contributed by atoms with Crippen molar-refractivity contribution in [3.63, 3.8) is 0 Å². The minimum Gasteiger partial charge on any atom is -0.869 e. The summed E-state index contributed by atoms with van der Waals surface area (Å²) in [7, 11) is -7.19. The molecule has 1 aromatic carbocycles. The summed E-state index contributed by atoms with van der Waals surface area (Å²) in [6, 6.07) is 9.28. The van der Waals surface area contributed by atoms with E-state index in [9.17, 15) is 26.7 Å². The zero-order valence-electron chi connectivity index (χ0n) is 18.7. The summed E-state index contributed by atoms with van der Waals surface area (Å²) in [6.07, 6.45) is 3.57. The molecule has 0 saturated carbocycles. The number of hydrogen-bond donors (Lipinski definition) is 1. The maximum atomic E-state index is 13.0. The van der Waals surface area contributed by atoms with Gasteiger partial charge in [-0.05, 0) is 42.4 Å². The number of nitrogens with one attached hydrogen (secondary N) is 1. The molecule has 0 atom stereocenters. The number of sulfonamides is 1. The van der Waals surface area contributed by atoms with Gasteiger partial charge in [0, 0.05) is 30.9 Å². The van der Waals surface area contributed by atoms with Crippen molar-refractivity contribution >= 4 is 42.5 Å². The Kier molecular flexibility index (Phi) is 7.88. The number of hydrogen-bond acceptors (Lipinski definition) is 8. The molecule has 1 aliphatic heterocycles. The molecule has 2 aromatic heterocycles. The second-order valence-electron chi connectivity index (χ2n) is 7.67. The Morgan fingerprint density at radius 2 is 1.91 bits per heavy atom. The van der Waals surface area contributed by atoms with Crippen LogP contribution in [0.2, 0.25) is 0 Å². The van der Waals surface area contributed by atoms with Gasteiger partial charge >= 0.3 is 29.6 Å². The molecule has 0 aliphatic carbocycles. The third kappa shape index (κ3) is 5.20. The largest absolute Gasteiger partial charge is 1.00 e. The van der Waals surface area contributed by atoms with Crippen LogP contribution in [0.25, 0.3) is 10.9 Å². The Bertz CT molecular complexity index is 1460. The minimum atomic E-state index is -3.66. The summed E-state index contributed by atoms with van der Waals surface area (Å²) in [4.78, 5) is 21.2. The number of aromatic nitrogens is 2. The molecule has 1 saturated heterocycles. The third-order valence-corrected chi connectivity index (χ3v) is 8.34. The minimum absolute atomic E-state index is 0. The molecule has 0 bridgehead atoms. The van der Waals surface area contributed by atoms with Gasteiger partial charge in [0.1, 0.15) is 5.69 Å². The van der Waals surface area contributed by atoms with Gasteiger partial charge < -0.3 is 10.4 Å². The van der Waals surface area contributed by atoms with Gasteiger partial charge in [-0.1, -0.05) is 18.2 Å². The molecule has 0 radical (unpaired) electrons. The number of pyridine rings is 2. The van der Waals surface area contributed by atoms with Gasteiger partial charge in [-0.2, -0.15) is 0 Å². The van der Waals surface area contributed by atoms with Crippen molar-refractivity contribution < 1.29 is 56.3 Å². The van der Waals surface area contributed by atoms with Crippen LogP contribution >= 0.6 is 0 Å². The van der Waals surface area contributed by atoms with Crippen molar-refractivity contribution in [2.45, 2.75) is 24.3 Å². The molecule has 3 heterocycles. The van der Waals surface area contributed by atoms with Crippen LogP contribution < -0.4 is 44.3 Å². The fraction of sp³-hybridized carbons (Fsp3) is 0.286. The van der Waals surface area contributed by atoms with E-state index in [1.807, 2.05) is 0 Å². The SMILES string of the molecule is CS(=O)(=O)c1ccccc1CNC(=O)c1nc(N2CCCCS2(=O)=O)c2cccnc2c1[O-].[Na+]. The maximum Gasteiger partial charge on any atom is 1.00 e.